The van der Waals surface area contributed by atoms with Crippen LogP contribution in [0.3, 0.4) is 0 Å². The molecule has 1 aliphatic rings. The Morgan fingerprint density at radius 3 is 2.48 bits per heavy atom. The molecule has 2 amide bonds. The first kappa shape index (κ1) is 17.5. The topological polar surface area (TPSA) is 81.1 Å². The molecule has 1 unspecified atom stereocenters. The minimum absolute atomic E-state index is 0.138. The maximum Gasteiger partial charge on any atom is 0.406 e. The van der Waals surface area contributed by atoms with E-state index in [2.05, 4.69) is 0 Å². The summed E-state index contributed by atoms with van der Waals surface area (Å²) in [6.45, 7) is -0.964. The third-order valence-corrected chi connectivity index (χ3v) is 3.49. The Balaban J connectivity index is 2.81. The van der Waals surface area contributed by atoms with E-state index in [1.165, 1.54) is 6.92 Å². The number of urea groups is 1. The van der Waals surface area contributed by atoms with E-state index in [1.54, 1.807) is 0 Å². The lowest BCUT2D eigenvalue weighted by molar-refractivity contribution is -0.152. The molecule has 0 radical (unpaired) electrons. The van der Waals surface area contributed by atoms with Crippen LogP contribution >= 0.6 is 0 Å². The maximum atomic E-state index is 12.4. The fourth-order valence-electron chi connectivity index (χ4n) is 2.36. The number of aliphatic hydroxyl groups excluding tert-OH is 1. The second kappa shape index (κ2) is 6.50. The highest BCUT2D eigenvalue weighted by Gasteiger charge is 2.41. The largest absolute Gasteiger partial charge is 0.481 e. The fraction of sp³-hybridized carbons (Fsp3) is 0.833. The molecule has 1 rings (SSSR count). The lowest BCUT2D eigenvalue weighted by Crippen LogP contribution is -2.54. The number of piperidine rings is 1. The van der Waals surface area contributed by atoms with Crippen molar-refractivity contribution in [2.24, 2.45) is 5.41 Å². The molecule has 0 aromatic carbocycles. The summed E-state index contributed by atoms with van der Waals surface area (Å²) in [5, 5.41) is 18.0. The van der Waals surface area contributed by atoms with Crippen LogP contribution in [0, 0.1) is 5.41 Å². The quantitative estimate of drug-likeness (QED) is 0.816. The maximum absolute atomic E-state index is 12.4. The van der Waals surface area contributed by atoms with E-state index in [4.69, 9.17) is 10.2 Å². The Morgan fingerprint density at radius 1 is 1.38 bits per heavy atom. The average Bonchev–Trinajstić information content (AvgIpc) is 2.35. The van der Waals surface area contributed by atoms with Crippen molar-refractivity contribution < 1.29 is 33.0 Å². The van der Waals surface area contributed by atoms with E-state index in [0.717, 1.165) is 4.90 Å². The van der Waals surface area contributed by atoms with Gasteiger partial charge in [0.15, 0.2) is 0 Å². The SMILES string of the molecule is CC1(C(=O)O)CCCN(C(=O)N(CCO)CC(F)(F)F)C1. The zero-order valence-electron chi connectivity index (χ0n) is 11.7. The number of hydrogen-bond acceptors (Lipinski definition) is 3. The van der Waals surface area contributed by atoms with E-state index in [-0.39, 0.29) is 13.1 Å². The van der Waals surface area contributed by atoms with Crippen molar-refractivity contribution in [3.05, 3.63) is 0 Å². The van der Waals surface area contributed by atoms with Gasteiger partial charge in [-0.05, 0) is 19.8 Å². The van der Waals surface area contributed by atoms with Gasteiger partial charge in [0, 0.05) is 19.6 Å². The van der Waals surface area contributed by atoms with E-state index < -0.39 is 43.3 Å². The zero-order valence-corrected chi connectivity index (χ0v) is 11.7. The summed E-state index contributed by atoms with van der Waals surface area (Å²) < 4.78 is 37.3. The van der Waals surface area contributed by atoms with Crippen LogP contribution in [0.15, 0.2) is 0 Å². The van der Waals surface area contributed by atoms with E-state index >= 15 is 0 Å². The molecule has 1 atom stereocenters. The number of nitrogens with zero attached hydrogens (tertiary/aromatic N) is 2. The number of carbonyl (C=O) groups excluding carboxylic acids is 1. The van der Waals surface area contributed by atoms with Crippen LogP contribution in [-0.4, -0.2) is 71.0 Å². The molecule has 0 spiro atoms. The number of carbonyl (C=O) groups is 2. The van der Waals surface area contributed by atoms with Crippen LogP contribution in [0.1, 0.15) is 19.8 Å². The first-order chi connectivity index (χ1) is 9.59. The molecule has 6 nitrogen and oxygen atoms in total. The lowest BCUT2D eigenvalue weighted by atomic mass is 9.82. The van der Waals surface area contributed by atoms with Gasteiger partial charge < -0.3 is 20.0 Å². The van der Waals surface area contributed by atoms with E-state index in [0.29, 0.717) is 17.7 Å². The molecular weight excluding hydrogens is 293 g/mol. The van der Waals surface area contributed by atoms with Crippen molar-refractivity contribution in [2.45, 2.75) is 25.9 Å². The third kappa shape index (κ3) is 4.76. The standard InChI is InChI=1S/C12H19F3N2O4/c1-11(9(19)20)3-2-4-16(7-11)10(21)17(5-6-18)8-12(13,14)15/h18H,2-8H2,1H3,(H,19,20). The average molecular weight is 312 g/mol. The van der Waals surface area contributed by atoms with Crippen LogP contribution in [-0.2, 0) is 4.79 Å². The Hall–Kier alpha value is -1.51. The normalized spacial score (nSPS) is 23.0. The van der Waals surface area contributed by atoms with Crippen molar-refractivity contribution in [1.29, 1.82) is 0 Å². The Kier molecular flexibility index (Phi) is 5.43. The van der Waals surface area contributed by atoms with Crippen molar-refractivity contribution in [3.8, 4) is 0 Å². The molecule has 0 aliphatic carbocycles. The molecule has 21 heavy (non-hydrogen) atoms. The van der Waals surface area contributed by atoms with Gasteiger partial charge in [0.25, 0.3) is 0 Å². The van der Waals surface area contributed by atoms with Gasteiger partial charge in [-0.1, -0.05) is 0 Å². The summed E-state index contributed by atoms with van der Waals surface area (Å²) >= 11 is 0. The highest BCUT2D eigenvalue weighted by atomic mass is 19.4. The van der Waals surface area contributed by atoms with E-state index in [9.17, 15) is 22.8 Å². The summed E-state index contributed by atoms with van der Waals surface area (Å²) in [7, 11) is 0. The van der Waals surface area contributed by atoms with Gasteiger partial charge in [-0.3, -0.25) is 4.79 Å². The van der Waals surface area contributed by atoms with Crippen molar-refractivity contribution in [2.75, 3.05) is 32.8 Å². The number of hydrogen-bond donors (Lipinski definition) is 2. The Bertz CT molecular complexity index is 402. The van der Waals surface area contributed by atoms with Crippen LogP contribution in [0.4, 0.5) is 18.0 Å². The summed E-state index contributed by atoms with van der Waals surface area (Å²) in [6.07, 6.45) is -3.80. The first-order valence-electron chi connectivity index (χ1n) is 6.54. The number of likely N-dealkylation sites (tertiary alicyclic amines) is 1. The van der Waals surface area contributed by atoms with Crippen LogP contribution in [0.25, 0.3) is 0 Å². The molecule has 1 heterocycles. The highest BCUT2D eigenvalue weighted by Crippen LogP contribution is 2.30. The molecule has 0 aromatic heterocycles. The second-order valence-corrected chi connectivity index (χ2v) is 5.43. The van der Waals surface area contributed by atoms with Gasteiger partial charge in [0.1, 0.15) is 6.54 Å². The minimum Gasteiger partial charge on any atom is -0.481 e. The van der Waals surface area contributed by atoms with Gasteiger partial charge in [-0.15, -0.1) is 0 Å². The molecule has 1 saturated heterocycles. The van der Waals surface area contributed by atoms with Crippen molar-refractivity contribution in [1.82, 2.24) is 9.80 Å². The molecule has 122 valence electrons. The number of aliphatic hydroxyl groups is 1. The summed E-state index contributed by atoms with van der Waals surface area (Å²) in [4.78, 5) is 24.9. The van der Waals surface area contributed by atoms with Crippen LogP contribution < -0.4 is 0 Å². The molecule has 9 heteroatoms. The summed E-state index contributed by atoms with van der Waals surface area (Å²) in [5.41, 5.74) is -1.16. The van der Waals surface area contributed by atoms with Gasteiger partial charge >= 0.3 is 18.2 Å². The molecule has 0 aromatic rings. The monoisotopic (exact) mass is 312 g/mol. The van der Waals surface area contributed by atoms with Gasteiger partial charge in [0.05, 0.1) is 12.0 Å². The molecule has 1 aliphatic heterocycles. The van der Waals surface area contributed by atoms with Gasteiger partial charge in [-0.25, -0.2) is 4.79 Å². The smallest absolute Gasteiger partial charge is 0.406 e. The number of aliphatic carboxylic acids is 1. The molecule has 2 N–H and O–H groups in total. The minimum atomic E-state index is -4.57. The summed E-state index contributed by atoms with van der Waals surface area (Å²) in [6, 6.07) is -0.895. The lowest BCUT2D eigenvalue weighted by Gasteiger charge is -2.39. The van der Waals surface area contributed by atoms with Crippen LogP contribution in [0.2, 0.25) is 0 Å². The molecule has 0 bridgehead atoms. The first-order valence-corrected chi connectivity index (χ1v) is 6.54. The fourth-order valence-corrected chi connectivity index (χ4v) is 2.36. The number of halogens is 3. The van der Waals surface area contributed by atoms with Gasteiger partial charge in [-0.2, -0.15) is 13.2 Å². The third-order valence-electron chi connectivity index (χ3n) is 3.49. The number of rotatable bonds is 4. The van der Waals surface area contributed by atoms with Crippen molar-refractivity contribution in [3.63, 3.8) is 0 Å². The predicted molar refractivity (Wildman–Crippen MR) is 66.7 cm³/mol. The second-order valence-electron chi connectivity index (χ2n) is 5.43. The number of alkyl halides is 3. The highest BCUT2D eigenvalue weighted by molar-refractivity contribution is 5.78. The molecular formula is C12H19F3N2O4. The Morgan fingerprint density at radius 2 is 2.00 bits per heavy atom. The Labute approximate surface area is 120 Å². The van der Waals surface area contributed by atoms with Gasteiger partial charge in [0.2, 0.25) is 0 Å². The van der Waals surface area contributed by atoms with Crippen LogP contribution in [0.5, 0.6) is 0 Å². The number of carboxylic acid groups (broad SMARTS) is 1. The number of carboxylic acids is 1. The predicted octanol–water partition coefficient (Wildman–Crippen LogP) is 1.15. The van der Waals surface area contributed by atoms with Crippen molar-refractivity contribution >= 4 is 12.0 Å². The summed E-state index contributed by atoms with van der Waals surface area (Å²) in [5.74, 6) is -1.08. The van der Waals surface area contributed by atoms with E-state index in [1.807, 2.05) is 0 Å². The zero-order chi connectivity index (χ0) is 16.3. The number of amides is 2. The molecule has 1 fully saturated rings. The molecule has 0 saturated carbocycles.